The number of carbonyl (C=O) groups is 1. The van der Waals surface area contributed by atoms with Crippen molar-refractivity contribution in [2.75, 3.05) is 7.11 Å². The van der Waals surface area contributed by atoms with Gasteiger partial charge in [-0.05, 0) is 66.2 Å². The van der Waals surface area contributed by atoms with Crippen molar-refractivity contribution >= 4 is 46.3 Å². The van der Waals surface area contributed by atoms with Gasteiger partial charge in [-0.2, -0.15) is 9.78 Å². The Morgan fingerprint density at radius 1 is 1.03 bits per heavy atom. The molecule has 0 saturated heterocycles. The van der Waals surface area contributed by atoms with Crippen molar-refractivity contribution in [1.82, 2.24) is 9.66 Å². The number of para-hydroxylation sites is 1. The maximum atomic E-state index is 13.2. The number of furan rings is 1. The first kappa shape index (κ1) is 24.3. The largest absolute Gasteiger partial charge is 0.493 e. The normalized spacial score (nSPS) is 11.2. The fraction of sp³-hybridized carbons (Fsp3) is 0.0370. The lowest BCUT2D eigenvalue weighted by molar-refractivity contribution is 0.0730. The fourth-order valence-electron chi connectivity index (χ4n) is 3.58. The van der Waals surface area contributed by atoms with E-state index in [9.17, 15) is 9.59 Å². The first-order valence-corrected chi connectivity index (χ1v) is 11.7. The van der Waals surface area contributed by atoms with E-state index in [0.717, 1.165) is 0 Å². The lowest BCUT2D eigenvalue weighted by atomic mass is 10.2. The van der Waals surface area contributed by atoms with E-state index < -0.39 is 5.97 Å². The van der Waals surface area contributed by atoms with Gasteiger partial charge in [-0.15, -0.1) is 0 Å². The molecule has 0 saturated carbocycles. The van der Waals surface area contributed by atoms with Gasteiger partial charge in [0.15, 0.2) is 17.3 Å². The summed E-state index contributed by atoms with van der Waals surface area (Å²) in [7, 11) is 1.44. The van der Waals surface area contributed by atoms with Crippen molar-refractivity contribution in [3.8, 4) is 23.1 Å². The standard InChI is InChI=1S/C27H17Cl2N3O5/c1-35-24-13-16(8-11-22(24)37-27(34)18-10-9-17(28)14-20(18)29)15-30-32-25(23-7-4-12-36-23)31-21-6-3-2-5-19(21)26(32)33/h2-15H,1H3. The molecule has 0 bridgehead atoms. The average molecular weight is 534 g/mol. The number of carbonyl (C=O) groups excluding carboxylic acids is 1. The van der Waals surface area contributed by atoms with E-state index in [1.165, 1.54) is 36.4 Å². The lowest BCUT2D eigenvalue weighted by Gasteiger charge is -2.11. The maximum absolute atomic E-state index is 13.2. The monoisotopic (exact) mass is 533 g/mol. The summed E-state index contributed by atoms with van der Waals surface area (Å²) in [6, 6.07) is 19.7. The van der Waals surface area contributed by atoms with E-state index in [2.05, 4.69) is 10.1 Å². The highest BCUT2D eigenvalue weighted by Crippen LogP contribution is 2.30. The number of fused-ring (bicyclic) bond motifs is 1. The Labute approximate surface area is 220 Å². The molecule has 0 spiro atoms. The maximum Gasteiger partial charge on any atom is 0.345 e. The molecule has 3 aromatic carbocycles. The van der Waals surface area contributed by atoms with Crippen LogP contribution in [0.4, 0.5) is 0 Å². The molecule has 0 aliphatic rings. The third kappa shape index (κ3) is 4.97. The Kier molecular flexibility index (Phi) is 6.76. The topological polar surface area (TPSA) is 95.9 Å². The number of nitrogens with zero attached hydrogens (tertiary/aromatic N) is 3. The quantitative estimate of drug-likeness (QED) is 0.149. The molecular weight excluding hydrogens is 517 g/mol. The van der Waals surface area contributed by atoms with Crippen molar-refractivity contribution in [3.05, 3.63) is 111 Å². The molecule has 10 heteroatoms. The van der Waals surface area contributed by atoms with Gasteiger partial charge in [0.25, 0.3) is 5.56 Å². The minimum Gasteiger partial charge on any atom is -0.493 e. The summed E-state index contributed by atoms with van der Waals surface area (Å²) in [5.41, 5.74) is 0.906. The number of rotatable bonds is 6. The van der Waals surface area contributed by atoms with Crippen LogP contribution in [0.5, 0.6) is 11.5 Å². The summed E-state index contributed by atoms with van der Waals surface area (Å²) in [5, 5.41) is 5.36. The zero-order valence-electron chi connectivity index (χ0n) is 19.2. The van der Waals surface area contributed by atoms with Gasteiger partial charge in [-0.25, -0.2) is 9.78 Å². The third-order valence-electron chi connectivity index (χ3n) is 5.36. The van der Waals surface area contributed by atoms with E-state index in [4.69, 9.17) is 37.1 Å². The van der Waals surface area contributed by atoms with Crippen LogP contribution >= 0.6 is 23.2 Å². The highest BCUT2D eigenvalue weighted by atomic mass is 35.5. The molecular formula is C27H17Cl2N3O5. The molecule has 0 unspecified atom stereocenters. The van der Waals surface area contributed by atoms with Crippen LogP contribution in [0.2, 0.25) is 10.0 Å². The summed E-state index contributed by atoms with van der Waals surface area (Å²) >= 11 is 12.0. The van der Waals surface area contributed by atoms with Gasteiger partial charge < -0.3 is 13.9 Å². The van der Waals surface area contributed by atoms with Crippen molar-refractivity contribution < 1.29 is 18.7 Å². The summed E-state index contributed by atoms with van der Waals surface area (Å²) in [6.07, 6.45) is 2.96. The SMILES string of the molecule is COc1cc(C=Nn2c(-c3ccco3)nc3ccccc3c2=O)ccc1OC(=O)c1ccc(Cl)cc1Cl. The predicted octanol–water partition coefficient (Wildman–Crippen LogP) is 6.07. The van der Waals surface area contributed by atoms with E-state index >= 15 is 0 Å². The van der Waals surface area contributed by atoms with Crippen LogP contribution in [0.1, 0.15) is 15.9 Å². The molecule has 37 heavy (non-hydrogen) atoms. The van der Waals surface area contributed by atoms with Gasteiger partial charge >= 0.3 is 5.97 Å². The van der Waals surface area contributed by atoms with Crippen LogP contribution < -0.4 is 15.0 Å². The van der Waals surface area contributed by atoms with Gasteiger partial charge in [0.2, 0.25) is 5.82 Å². The van der Waals surface area contributed by atoms with E-state index in [0.29, 0.717) is 27.2 Å². The van der Waals surface area contributed by atoms with Gasteiger partial charge in [0.1, 0.15) is 0 Å². The summed E-state index contributed by atoms with van der Waals surface area (Å²) in [6.45, 7) is 0. The van der Waals surface area contributed by atoms with Gasteiger partial charge in [0.05, 0.1) is 41.1 Å². The van der Waals surface area contributed by atoms with Crippen LogP contribution in [0, 0.1) is 0 Å². The summed E-state index contributed by atoms with van der Waals surface area (Å²) in [4.78, 5) is 30.4. The molecule has 2 aromatic heterocycles. The molecule has 8 nitrogen and oxygen atoms in total. The molecule has 0 N–H and O–H groups in total. The van der Waals surface area contributed by atoms with Crippen LogP contribution in [-0.2, 0) is 0 Å². The molecule has 0 radical (unpaired) electrons. The molecule has 0 amide bonds. The smallest absolute Gasteiger partial charge is 0.345 e. The first-order chi connectivity index (χ1) is 17.9. The van der Waals surface area contributed by atoms with Crippen LogP contribution in [-0.4, -0.2) is 29.0 Å². The second kappa shape index (κ2) is 10.3. The van der Waals surface area contributed by atoms with E-state index in [-0.39, 0.29) is 33.5 Å². The molecule has 184 valence electrons. The Morgan fingerprint density at radius 2 is 1.86 bits per heavy atom. The Balaban J connectivity index is 1.48. The van der Waals surface area contributed by atoms with Crippen LogP contribution in [0.15, 0.2) is 93.4 Å². The number of esters is 1. The minimum absolute atomic E-state index is 0.160. The summed E-state index contributed by atoms with van der Waals surface area (Å²) in [5.74, 6) is 0.426. The second-order valence-electron chi connectivity index (χ2n) is 7.72. The molecule has 0 aliphatic heterocycles. The number of methoxy groups -OCH3 is 1. The van der Waals surface area contributed by atoms with Crippen molar-refractivity contribution in [1.29, 1.82) is 0 Å². The lowest BCUT2D eigenvalue weighted by Crippen LogP contribution is -2.20. The van der Waals surface area contributed by atoms with Crippen molar-refractivity contribution in [3.63, 3.8) is 0 Å². The number of halogens is 2. The molecule has 5 aromatic rings. The highest BCUT2D eigenvalue weighted by molar-refractivity contribution is 6.36. The number of benzene rings is 3. The fourth-order valence-corrected chi connectivity index (χ4v) is 4.06. The van der Waals surface area contributed by atoms with Gasteiger partial charge in [-0.3, -0.25) is 4.79 Å². The van der Waals surface area contributed by atoms with Gasteiger partial charge in [0, 0.05) is 5.02 Å². The Morgan fingerprint density at radius 3 is 2.62 bits per heavy atom. The van der Waals surface area contributed by atoms with Crippen LogP contribution in [0.25, 0.3) is 22.5 Å². The second-order valence-corrected chi connectivity index (χ2v) is 8.56. The van der Waals surface area contributed by atoms with Crippen molar-refractivity contribution in [2.24, 2.45) is 5.10 Å². The number of aromatic nitrogens is 2. The molecule has 0 atom stereocenters. The Hall–Kier alpha value is -4.40. The zero-order valence-corrected chi connectivity index (χ0v) is 20.7. The number of ether oxygens (including phenoxy) is 2. The van der Waals surface area contributed by atoms with Gasteiger partial charge in [-0.1, -0.05) is 35.3 Å². The molecule has 0 aliphatic carbocycles. The van der Waals surface area contributed by atoms with Crippen molar-refractivity contribution in [2.45, 2.75) is 0 Å². The first-order valence-electron chi connectivity index (χ1n) is 10.9. The minimum atomic E-state index is -0.668. The number of hydrogen-bond acceptors (Lipinski definition) is 7. The number of hydrogen-bond donors (Lipinski definition) is 0. The average Bonchev–Trinajstić information content (AvgIpc) is 3.43. The molecule has 2 heterocycles. The Bertz CT molecular complexity index is 1710. The zero-order chi connectivity index (χ0) is 25.9. The van der Waals surface area contributed by atoms with E-state index in [1.807, 2.05) is 0 Å². The molecule has 5 rings (SSSR count). The van der Waals surface area contributed by atoms with Crippen LogP contribution in [0.3, 0.4) is 0 Å². The highest BCUT2D eigenvalue weighted by Gasteiger charge is 2.17. The molecule has 0 fully saturated rings. The summed E-state index contributed by atoms with van der Waals surface area (Å²) < 4.78 is 17.5. The predicted molar refractivity (Wildman–Crippen MR) is 141 cm³/mol. The third-order valence-corrected chi connectivity index (χ3v) is 5.91. The van der Waals surface area contributed by atoms with E-state index in [1.54, 1.807) is 60.7 Å².